The van der Waals surface area contributed by atoms with E-state index in [1.54, 1.807) is 12.1 Å². The van der Waals surface area contributed by atoms with Gasteiger partial charge in [-0.15, -0.1) is 0 Å². The van der Waals surface area contributed by atoms with E-state index in [2.05, 4.69) is 170 Å². The highest BCUT2D eigenvalue weighted by molar-refractivity contribution is 6.24. The molecule has 1 spiro atoms. The number of fused-ring (bicyclic) bond motifs is 17. The van der Waals surface area contributed by atoms with Crippen LogP contribution in [0.15, 0.2) is 176 Å². The van der Waals surface area contributed by atoms with Crippen LogP contribution in [0.3, 0.4) is 0 Å². The first kappa shape index (κ1) is 31.1. The van der Waals surface area contributed by atoms with Crippen LogP contribution in [0.4, 0.5) is 21.5 Å². The van der Waals surface area contributed by atoms with Gasteiger partial charge in [-0.3, -0.25) is 0 Å². The molecular formula is C52H36FN. The summed E-state index contributed by atoms with van der Waals surface area (Å²) in [4.78, 5) is 2.33. The zero-order valence-electron chi connectivity index (χ0n) is 30.1. The van der Waals surface area contributed by atoms with E-state index in [4.69, 9.17) is 0 Å². The molecule has 0 aliphatic heterocycles. The molecule has 256 valence electrons. The molecule has 0 saturated heterocycles. The Morgan fingerprint density at radius 1 is 0.444 bits per heavy atom. The Morgan fingerprint density at radius 3 is 1.50 bits per heavy atom. The van der Waals surface area contributed by atoms with E-state index in [0.29, 0.717) is 5.92 Å². The molecule has 0 aromatic heterocycles. The minimum atomic E-state index is -0.587. The predicted molar refractivity (Wildman–Crippen MR) is 224 cm³/mol. The fourth-order valence-corrected chi connectivity index (χ4v) is 9.85. The third-order valence-corrected chi connectivity index (χ3v) is 12.1. The molecule has 1 nitrogen and oxygen atoms in total. The molecule has 0 heterocycles. The van der Waals surface area contributed by atoms with Crippen molar-refractivity contribution in [3.8, 4) is 22.3 Å². The first-order valence-corrected chi connectivity index (χ1v) is 18.9. The monoisotopic (exact) mass is 693 g/mol. The summed E-state index contributed by atoms with van der Waals surface area (Å²) < 4.78 is 14.6. The number of anilines is 3. The van der Waals surface area contributed by atoms with Crippen LogP contribution < -0.4 is 4.90 Å². The second kappa shape index (κ2) is 11.5. The lowest BCUT2D eigenvalue weighted by Gasteiger charge is -2.33. The van der Waals surface area contributed by atoms with E-state index in [1.165, 1.54) is 77.0 Å². The molecule has 9 aromatic rings. The van der Waals surface area contributed by atoms with Gasteiger partial charge in [0.2, 0.25) is 0 Å². The molecule has 0 unspecified atom stereocenters. The number of nitrogens with zero attached hydrogens (tertiary/aromatic N) is 1. The molecule has 54 heavy (non-hydrogen) atoms. The van der Waals surface area contributed by atoms with E-state index in [1.807, 2.05) is 12.1 Å². The van der Waals surface area contributed by atoms with Crippen molar-refractivity contribution in [1.82, 2.24) is 0 Å². The van der Waals surface area contributed by atoms with Crippen LogP contribution in [0.25, 0.3) is 54.6 Å². The number of hydrogen-bond acceptors (Lipinski definition) is 1. The number of halogens is 1. The molecule has 2 aliphatic rings. The van der Waals surface area contributed by atoms with Crippen LogP contribution >= 0.6 is 0 Å². The van der Waals surface area contributed by atoms with Crippen LogP contribution in [0, 0.1) is 5.82 Å². The lowest BCUT2D eigenvalue weighted by atomic mass is 9.69. The summed E-state index contributed by atoms with van der Waals surface area (Å²) in [5.41, 5.74) is 14.1. The summed E-state index contributed by atoms with van der Waals surface area (Å²) in [5, 5.41) is 7.43. The maximum Gasteiger partial charge on any atom is 0.123 e. The summed E-state index contributed by atoms with van der Waals surface area (Å²) in [5.74, 6) is 0.157. The van der Waals surface area contributed by atoms with Crippen LogP contribution in [-0.2, 0) is 5.41 Å². The minimum Gasteiger partial charge on any atom is -0.310 e. The van der Waals surface area contributed by atoms with E-state index in [-0.39, 0.29) is 5.82 Å². The highest BCUT2D eigenvalue weighted by Crippen LogP contribution is 2.67. The molecule has 2 aliphatic carbocycles. The predicted octanol–water partition coefficient (Wildman–Crippen LogP) is 14.2. The standard InChI is InChI=1S/C52H36FN/c1-32(2)33-23-27-35(28-24-33)54(36-29-25-34(53)26-30-36)48-31-47-49(43-19-7-5-17-41(43)48)50-42-18-6-3-13-37(42)38-14-4-8-20-44(38)51(50)52(47)45-21-11-9-15-39(45)40-16-10-12-22-46(40)52/h3-32H,1-2H3. The van der Waals surface area contributed by atoms with Crippen LogP contribution in [0.1, 0.15) is 47.6 Å². The van der Waals surface area contributed by atoms with Gasteiger partial charge in [-0.25, -0.2) is 4.39 Å². The van der Waals surface area contributed by atoms with Gasteiger partial charge < -0.3 is 4.90 Å². The first-order valence-electron chi connectivity index (χ1n) is 18.9. The van der Waals surface area contributed by atoms with Crippen molar-refractivity contribution in [1.29, 1.82) is 0 Å². The normalized spacial score (nSPS) is 13.4. The van der Waals surface area contributed by atoms with E-state index in [0.717, 1.165) is 22.4 Å². The highest BCUT2D eigenvalue weighted by Gasteiger charge is 2.53. The van der Waals surface area contributed by atoms with Gasteiger partial charge in [-0.2, -0.15) is 0 Å². The van der Waals surface area contributed by atoms with Gasteiger partial charge >= 0.3 is 0 Å². The Morgan fingerprint density at radius 2 is 0.907 bits per heavy atom. The van der Waals surface area contributed by atoms with Crippen molar-refractivity contribution >= 4 is 49.4 Å². The zero-order chi connectivity index (χ0) is 36.1. The van der Waals surface area contributed by atoms with Gasteiger partial charge in [0, 0.05) is 16.8 Å². The van der Waals surface area contributed by atoms with Gasteiger partial charge in [0.05, 0.1) is 11.1 Å². The Kier molecular flexibility index (Phi) is 6.61. The van der Waals surface area contributed by atoms with E-state index < -0.39 is 5.41 Å². The average molecular weight is 694 g/mol. The van der Waals surface area contributed by atoms with Crippen molar-refractivity contribution in [2.45, 2.75) is 25.2 Å². The molecule has 0 radical (unpaired) electrons. The van der Waals surface area contributed by atoms with Gasteiger partial charge in [0.1, 0.15) is 5.82 Å². The fraction of sp³-hybridized carbons (Fsp3) is 0.0769. The third-order valence-electron chi connectivity index (χ3n) is 12.1. The second-order valence-electron chi connectivity index (χ2n) is 15.1. The number of rotatable bonds is 4. The minimum absolute atomic E-state index is 0.250. The van der Waals surface area contributed by atoms with Gasteiger partial charge in [-0.05, 0) is 125 Å². The summed E-state index contributed by atoms with van der Waals surface area (Å²) in [7, 11) is 0. The maximum absolute atomic E-state index is 14.6. The molecule has 0 N–H and O–H groups in total. The molecule has 2 heteroatoms. The molecule has 0 saturated carbocycles. The molecular weight excluding hydrogens is 658 g/mol. The quantitative estimate of drug-likeness (QED) is 0.166. The molecule has 0 fully saturated rings. The molecule has 9 aromatic carbocycles. The van der Waals surface area contributed by atoms with Crippen LogP contribution in [0.5, 0.6) is 0 Å². The van der Waals surface area contributed by atoms with E-state index in [9.17, 15) is 4.39 Å². The van der Waals surface area contributed by atoms with Crippen LogP contribution in [-0.4, -0.2) is 0 Å². The second-order valence-corrected chi connectivity index (χ2v) is 15.1. The van der Waals surface area contributed by atoms with Gasteiger partial charge in [0.25, 0.3) is 0 Å². The van der Waals surface area contributed by atoms with Crippen molar-refractivity contribution in [2.24, 2.45) is 0 Å². The van der Waals surface area contributed by atoms with E-state index >= 15 is 0 Å². The molecule has 0 atom stereocenters. The Balaban J connectivity index is 1.36. The first-order chi connectivity index (χ1) is 26.6. The van der Waals surface area contributed by atoms with Gasteiger partial charge in [0.15, 0.2) is 0 Å². The molecule has 11 rings (SSSR count). The Hall–Kier alpha value is -6.51. The lowest BCUT2D eigenvalue weighted by molar-refractivity contribution is 0.628. The van der Waals surface area contributed by atoms with Crippen LogP contribution in [0.2, 0.25) is 0 Å². The summed E-state index contributed by atoms with van der Waals surface area (Å²) >= 11 is 0. The molecule has 0 amide bonds. The van der Waals surface area contributed by atoms with Crippen molar-refractivity contribution in [2.75, 3.05) is 4.90 Å². The average Bonchev–Trinajstić information content (AvgIpc) is 3.70. The Labute approximate surface area is 314 Å². The smallest absolute Gasteiger partial charge is 0.123 e. The Bertz CT molecular complexity index is 2930. The molecule has 0 bridgehead atoms. The topological polar surface area (TPSA) is 3.24 Å². The SMILES string of the molecule is CC(C)c1ccc(N(c2ccc(F)cc2)c2cc3c(c4ccccc24)-c2c(c4ccccc4c4ccccc24)C32c3ccccc3-c3ccccc32)cc1. The number of hydrogen-bond donors (Lipinski definition) is 0. The van der Waals surface area contributed by atoms with Gasteiger partial charge in [-0.1, -0.05) is 147 Å². The fourth-order valence-electron chi connectivity index (χ4n) is 9.85. The third kappa shape index (κ3) is 4.08. The summed E-state index contributed by atoms with van der Waals surface area (Å²) in [6.45, 7) is 4.45. The van der Waals surface area contributed by atoms with Crippen molar-refractivity contribution in [3.63, 3.8) is 0 Å². The zero-order valence-corrected chi connectivity index (χ0v) is 30.1. The number of benzene rings is 9. The maximum atomic E-state index is 14.6. The highest BCUT2D eigenvalue weighted by atomic mass is 19.1. The largest absolute Gasteiger partial charge is 0.310 e. The van der Waals surface area contributed by atoms with Crippen molar-refractivity contribution < 1.29 is 4.39 Å². The lowest BCUT2D eigenvalue weighted by Crippen LogP contribution is -2.26. The summed E-state index contributed by atoms with van der Waals surface area (Å²) in [6.07, 6.45) is 0. The van der Waals surface area contributed by atoms with Crippen molar-refractivity contribution in [3.05, 3.63) is 210 Å². The summed E-state index contributed by atoms with van der Waals surface area (Å²) in [6, 6.07) is 63.2.